The molecule has 0 spiro atoms. The molecular formula is C8H12OS3. The third kappa shape index (κ3) is 1.52. The SMILES string of the molecule is CC(C)=C1S(=O)SC(=S)C1(C)C. The van der Waals surface area contributed by atoms with Gasteiger partial charge in [-0.1, -0.05) is 17.8 Å². The summed E-state index contributed by atoms with van der Waals surface area (Å²) in [5.41, 5.74) is 0.967. The summed E-state index contributed by atoms with van der Waals surface area (Å²) >= 11 is 5.16. The lowest BCUT2D eigenvalue weighted by Crippen LogP contribution is -2.17. The molecule has 0 saturated carbocycles. The Kier molecular flexibility index (Phi) is 2.81. The van der Waals surface area contributed by atoms with Gasteiger partial charge in [0.1, 0.15) is 9.83 Å². The molecule has 1 nitrogen and oxygen atoms in total. The standard InChI is InChI=1S/C8H12OS3/c1-5(2)6-8(3,4)7(10)11-12(6)9/h1-4H3. The van der Waals surface area contributed by atoms with E-state index in [0.29, 0.717) is 0 Å². The summed E-state index contributed by atoms with van der Waals surface area (Å²) < 4.78 is 12.4. The normalized spacial score (nSPS) is 27.8. The van der Waals surface area contributed by atoms with E-state index in [4.69, 9.17) is 12.2 Å². The molecule has 1 atom stereocenters. The van der Waals surface area contributed by atoms with Crippen molar-refractivity contribution in [2.75, 3.05) is 0 Å². The molecule has 0 N–H and O–H groups in total. The largest absolute Gasteiger partial charge is 0.243 e. The summed E-state index contributed by atoms with van der Waals surface area (Å²) in [5, 5.41) is 0. The molecule has 1 rings (SSSR count). The average Bonchev–Trinajstić information content (AvgIpc) is 2.02. The van der Waals surface area contributed by atoms with Crippen molar-refractivity contribution in [3.63, 3.8) is 0 Å². The van der Waals surface area contributed by atoms with Gasteiger partial charge >= 0.3 is 0 Å². The highest BCUT2D eigenvalue weighted by molar-refractivity contribution is 8.79. The molecule has 1 fully saturated rings. The zero-order valence-corrected chi connectivity index (χ0v) is 10.1. The van der Waals surface area contributed by atoms with E-state index in [-0.39, 0.29) is 5.41 Å². The molecule has 0 aromatic carbocycles. The van der Waals surface area contributed by atoms with Gasteiger partial charge in [0, 0.05) is 10.3 Å². The second-order valence-electron chi connectivity index (χ2n) is 3.56. The van der Waals surface area contributed by atoms with E-state index >= 15 is 0 Å². The quantitative estimate of drug-likeness (QED) is 0.461. The Balaban J connectivity index is 3.27. The molecule has 0 amide bonds. The van der Waals surface area contributed by atoms with E-state index < -0.39 is 9.83 Å². The highest BCUT2D eigenvalue weighted by Gasteiger charge is 2.41. The van der Waals surface area contributed by atoms with Crippen LogP contribution in [0.2, 0.25) is 0 Å². The van der Waals surface area contributed by atoms with Crippen LogP contribution in [0.25, 0.3) is 0 Å². The minimum absolute atomic E-state index is 0.163. The molecule has 0 aromatic rings. The lowest BCUT2D eigenvalue weighted by molar-refractivity contribution is 0.658. The Morgan fingerprint density at radius 3 is 2.17 bits per heavy atom. The summed E-state index contributed by atoms with van der Waals surface area (Å²) in [6.07, 6.45) is 0. The fourth-order valence-electron chi connectivity index (χ4n) is 1.31. The van der Waals surface area contributed by atoms with E-state index in [2.05, 4.69) is 0 Å². The van der Waals surface area contributed by atoms with Crippen molar-refractivity contribution >= 4 is 37.0 Å². The van der Waals surface area contributed by atoms with Crippen LogP contribution in [0.5, 0.6) is 0 Å². The van der Waals surface area contributed by atoms with Crippen molar-refractivity contribution in [1.29, 1.82) is 0 Å². The van der Waals surface area contributed by atoms with Crippen molar-refractivity contribution in [3.8, 4) is 0 Å². The first-order chi connectivity index (χ1) is 5.37. The van der Waals surface area contributed by atoms with Crippen LogP contribution in [-0.4, -0.2) is 8.41 Å². The third-order valence-electron chi connectivity index (χ3n) is 1.85. The smallest absolute Gasteiger partial charge is 0.115 e. The molecule has 1 saturated heterocycles. The number of hydrogen-bond acceptors (Lipinski definition) is 3. The average molecular weight is 220 g/mol. The van der Waals surface area contributed by atoms with Crippen LogP contribution >= 0.6 is 23.0 Å². The molecular weight excluding hydrogens is 208 g/mol. The Labute approximate surface area is 84.9 Å². The summed E-state index contributed by atoms with van der Waals surface area (Å²) in [4.78, 5) is 0.998. The highest BCUT2D eigenvalue weighted by atomic mass is 33.1. The fraction of sp³-hybridized carbons (Fsp3) is 0.625. The van der Waals surface area contributed by atoms with E-state index in [1.807, 2.05) is 27.7 Å². The van der Waals surface area contributed by atoms with Crippen LogP contribution in [0, 0.1) is 5.41 Å². The first kappa shape index (κ1) is 10.4. The maximum atomic E-state index is 11.6. The first-order valence-corrected chi connectivity index (χ1v) is 6.59. The van der Waals surface area contributed by atoms with Gasteiger partial charge in [0.15, 0.2) is 0 Å². The van der Waals surface area contributed by atoms with E-state index in [9.17, 15) is 4.21 Å². The minimum Gasteiger partial charge on any atom is -0.243 e. The molecule has 1 aliphatic rings. The van der Waals surface area contributed by atoms with Crippen LogP contribution in [0.15, 0.2) is 10.5 Å². The van der Waals surface area contributed by atoms with Gasteiger partial charge in [0.05, 0.1) is 4.20 Å². The third-order valence-corrected chi connectivity index (χ3v) is 6.45. The topological polar surface area (TPSA) is 17.1 Å². The fourth-order valence-corrected chi connectivity index (χ4v) is 5.89. The van der Waals surface area contributed by atoms with Crippen molar-refractivity contribution in [2.24, 2.45) is 5.41 Å². The Hall–Kier alpha value is 0.330. The Bertz CT molecular complexity index is 285. The minimum atomic E-state index is -0.935. The van der Waals surface area contributed by atoms with Crippen LogP contribution in [0.3, 0.4) is 0 Å². The van der Waals surface area contributed by atoms with E-state index in [0.717, 1.165) is 14.7 Å². The summed E-state index contributed by atoms with van der Waals surface area (Å²) in [6, 6.07) is 0. The predicted octanol–water partition coefficient (Wildman–Crippen LogP) is 3.04. The molecule has 1 aliphatic heterocycles. The zero-order chi connectivity index (χ0) is 9.52. The maximum Gasteiger partial charge on any atom is 0.115 e. The van der Waals surface area contributed by atoms with Gasteiger partial charge in [0.25, 0.3) is 0 Å². The molecule has 0 radical (unpaired) electrons. The van der Waals surface area contributed by atoms with Crippen LogP contribution in [0.1, 0.15) is 27.7 Å². The molecule has 1 heterocycles. The lowest BCUT2D eigenvalue weighted by atomic mass is 9.93. The second-order valence-corrected chi connectivity index (χ2v) is 7.09. The van der Waals surface area contributed by atoms with Gasteiger partial charge in [-0.3, -0.25) is 0 Å². The molecule has 0 bridgehead atoms. The Morgan fingerprint density at radius 1 is 1.50 bits per heavy atom. The number of rotatable bonds is 0. The summed E-state index contributed by atoms with van der Waals surface area (Å²) in [5.74, 6) is 0. The number of allylic oxidation sites excluding steroid dienone is 2. The van der Waals surface area contributed by atoms with E-state index in [1.165, 1.54) is 10.8 Å². The van der Waals surface area contributed by atoms with Gasteiger partial charge in [-0.05, 0) is 38.5 Å². The van der Waals surface area contributed by atoms with Crippen LogP contribution in [0.4, 0.5) is 0 Å². The second kappa shape index (κ2) is 3.24. The lowest BCUT2D eigenvalue weighted by Gasteiger charge is -2.18. The van der Waals surface area contributed by atoms with Crippen molar-refractivity contribution < 1.29 is 4.21 Å². The van der Waals surface area contributed by atoms with Gasteiger partial charge in [0.2, 0.25) is 0 Å². The summed E-state index contributed by atoms with van der Waals surface area (Å²) in [7, 11) is 0.374. The van der Waals surface area contributed by atoms with Gasteiger partial charge in [-0.25, -0.2) is 4.21 Å². The molecule has 0 aliphatic carbocycles. The van der Waals surface area contributed by atoms with Crippen LogP contribution in [-0.2, 0) is 9.83 Å². The molecule has 1 unspecified atom stereocenters. The predicted molar refractivity (Wildman–Crippen MR) is 60.5 cm³/mol. The summed E-state index contributed by atoms with van der Waals surface area (Å²) in [6.45, 7) is 8.05. The van der Waals surface area contributed by atoms with Crippen molar-refractivity contribution in [2.45, 2.75) is 27.7 Å². The maximum absolute atomic E-state index is 11.6. The molecule has 0 aromatic heterocycles. The van der Waals surface area contributed by atoms with Gasteiger partial charge in [-0.15, -0.1) is 0 Å². The number of hydrogen-bond donors (Lipinski definition) is 0. The highest BCUT2D eigenvalue weighted by Crippen LogP contribution is 2.48. The van der Waals surface area contributed by atoms with Crippen LogP contribution < -0.4 is 0 Å². The Morgan fingerprint density at radius 2 is 2.00 bits per heavy atom. The van der Waals surface area contributed by atoms with E-state index in [1.54, 1.807) is 0 Å². The monoisotopic (exact) mass is 220 g/mol. The molecule has 4 heteroatoms. The zero-order valence-electron chi connectivity index (χ0n) is 7.63. The van der Waals surface area contributed by atoms with Crippen molar-refractivity contribution in [1.82, 2.24) is 0 Å². The molecule has 12 heavy (non-hydrogen) atoms. The first-order valence-electron chi connectivity index (χ1n) is 3.70. The number of thiocarbonyl (C=S) groups is 1. The van der Waals surface area contributed by atoms with Gasteiger partial charge < -0.3 is 0 Å². The molecule has 68 valence electrons. The van der Waals surface area contributed by atoms with Gasteiger partial charge in [-0.2, -0.15) is 0 Å². The van der Waals surface area contributed by atoms with Crippen molar-refractivity contribution in [3.05, 3.63) is 10.5 Å².